The number of carbonyl (C=O) groups is 2. The van der Waals surface area contributed by atoms with E-state index in [9.17, 15) is 9.59 Å². The second-order valence-corrected chi connectivity index (χ2v) is 7.42. The van der Waals surface area contributed by atoms with Crippen molar-refractivity contribution in [2.75, 3.05) is 26.7 Å². The van der Waals surface area contributed by atoms with E-state index in [1.54, 1.807) is 7.05 Å². The lowest BCUT2D eigenvalue weighted by Gasteiger charge is -2.32. The minimum absolute atomic E-state index is 0.00969. The number of amides is 3. The molecule has 0 saturated carbocycles. The van der Waals surface area contributed by atoms with Crippen molar-refractivity contribution in [3.63, 3.8) is 0 Å². The molecule has 0 radical (unpaired) electrons. The fourth-order valence-corrected chi connectivity index (χ4v) is 3.43. The second-order valence-electron chi connectivity index (χ2n) is 7.42. The Hall–Kier alpha value is -2.08. The number of hydrogen-bond donors (Lipinski definition) is 3. The van der Waals surface area contributed by atoms with Gasteiger partial charge in [-0.2, -0.15) is 0 Å². The molecule has 1 saturated heterocycles. The molecule has 1 atom stereocenters. The Bertz CT molecular complexity index is 610. The Balaban J connectivity index is 1.86. The van der Waals surface area contributed by atoms with E-state index < -0.39 is 0 Å². The first-order valence-electron chi connectivity index (χ1n) is 9.46. The zero-order valence-electron chi connectivity index (χ0n) is 16.3. The van der Waals surface area contributed by atoms with Gasteiger partial charge in [0.25, 0.3) is 0 Å². The van der Waals surface area contributed by atoms with Crippen LogP contribution in [0.2, 0.25) is 0 Å². The van der Waals surface area contributed by atoms with Crippen LogP contribution in [0.15, 0.2) is 24.3 Å². The molecule has 6 heteroatoms. The molecule has 1 unspecified atom stereocenters. The summed E-state index contributed by atoms with van der Waals surface area (Å²) < 4.78 is 0. The van der Waals surface area contributed by atoms with Gasteiger partial charge in [0.1, 0.15) is 0 Å². The molecule has 1 aliphatic rings. The third-order valence-corrected chi connectivity index (χ3v) is 5.05. The number of aryl methyl sites for hydroxylation is 1. The lowest BCUT2D eigenvalue weighted by atomic mass is 9.93. The van der Waals surface area contributed by atoms with Crippen molar-refractivity contribution in [1.29, 1.82) is 0 Å². The number of benzene rings is 1. The average Bonchev–Trinajstić information content (AvgIpc) is 2.61. The molecule has 1 aliphatic heterocycles. The monoisotopic (exact) mass is 360 g/mol. The van der Waals surface area contributed by atoms with E-state index in [-0.39, 0.29) is 24.0 Å². The molecule has 1 heterocycles. The van der Waals surface area contributed by atoms with Crippen molar-refractivity contribution < 1.29 is 9.59 Å². The Morgan fingerprint density at radius 3 is 2.42 bits per heavy atom. The van der Waals surface area contributed by atoms with Crippen molar-refractivity contribution in [3.05, 3.63) is 35.4 Å². The standard InChI is InChI=1S/C20H32N4O2/c1-14(2)19(17-8-6-5-7-15(17)3)23-20(26)22-16-9-11-24(12-10-16)13-18(25)21-4/h5-8,14,16,19H,9-13H2,1-4H3,(H,21,25)(H2,22,23,26). The highest BCUT2D eigenvalue weighted by atomic mass is 16.2. The van der Waals surface area contributed by atoms with Crippen molar-refractivity contribution in [2.45, 2.75) is 45.7 Å². The van der Waals surface area contributed by atoms with E-state index in [4.69, 9.17) is 0 Å². The summed E-state index contributed by atoms with van der Waals surface area (Å²) in [4.78, 5) is 26.1. The van der Waals surface area contributed by atoms with Gasteiger partial charge < -0.3 is 16.0 Å². The molecule has 26 heavy (non-hydrogen) atoms. The summed E-state index contributed by atoms with van der Waals surface area (Å²) in [6, 6.07) is 8.22. The fourth-order valence-electron chi connectivity index (χ4n) is 3.43. The van der Waals surface area contributed by atoms with Crippen LogP contribution in [0.5, 0.6) is 0 Å². The maximum atomic E-state index is 12.5. The molecule has 1 fully saturated rings. The molecule has 0 spiro atoms. The topological polar surface area (TPSA) is 73.5 Å². The first-order valence-corrected chi connectivity index (χ1v) is 9.46. The van der Waals surface area contributed by atoms with Gasteiger partial charge in [0.05, 0.1) is 12.6 Å². The summed E-state index contributed by atoms with van der Waals surface area (Å²) in [6.07, 6.45) is 1.72. The number of likely N-dealkylation sites (tertiary alicyclic amines) is 1. The molecule has 0 aromatic heterocycles. The zero-order valence-corrected chi connectivity index (χ0v) is 16.3. The Labute approximate surface area is 156 Å². The van der Waals surface area contributed by atoms with Crippen LogP contribution in [0.4, 0.5) is 4.79 Å². The molecule has 1 aromatic rings. The second kappa shape index (κ2) is 9.57. The SMILES string of the molecule is CNC(=O)CN1CCC(NC(=O)NC(c2ccccc2C)C(C)C)CC1. The molecule has 0 bridgehead atoms. The molecule has 0 aliphatic carbocycles. The number of nitrogens with zero attached hydrogens (tertiary/aromatic N) is 1. The molecule has 2 rings (SSSR count). The van der Waals surface area contributed by atoms with Crippen LogP contribution in [0, 0.1) is 12.8 Å². The normalized spacial score (nSPS) is 17.0. The first-order chi connectivity index (χ1) is 12.4. The van der Waals surface area contributed by atoms with Gasteiger partial charge in [0.15, 0.2) is 0 Å². The van der Waals surface area contributed by atoms with Crippen LogP contribution < -0.4 is 16.0 Å². The van der Waals surface area contributed by atoms with E-state index in [2.05, 4.69) is 53.8 Å². The van der Waals surface area contributed by atoms with Gasteiger partial charge in [-0.3, -0.25) is 9.69 Å². The van der Waals surface area contributed by atoms with Gasteiger partial charge in [-0.15, -0.1) is 0 Å². The number of nitrogens with one attached hydrogen (secondary N) is 3. The predicted octanol–water partition coefficient (Wildman–Crippen LogP) is 2.20. The summed E-state index contributed by atoms with van der Waals surface area (Å²) in [5, 5.41) is 8.90. The average molecular weight is 361 g/mol. The van der Waals surface area contributed by atoms with Crippen molar-refractivity contribution in [2.24, 2.45) is 5.92 Å². The third-order valence-electron chi connectivity index (χ3n) is 5.05. The van der Waals surface area contributed by atoms with Gasteiger partial charge in [-0.1, -0.05) is 38.1 Å². The maximum Gasteiger partial charge on any atom is 0.315 e. The molecular weight excluding hydrogens is 328 g/mol. The first kappa shape index (κ1) is 20.2. The predicted molar refractivity (Wildman–Crippen MR) is 104 cm³/mol. The third kappa shape index (κ3) is 5.73. The van der Waals surface area contributed by atoms with Gasteiger partial charge in [0.2, 0.25) is 5.91 Å². The highest BCUT2D eigenvalue weighted by Gasteiger charge is 2.24. The number of hydrogen-bond acceptors (Lipinski definition) is 3. The summed E-state index contributed by atoms with van der Waals surface area (Å²) in [6.45, 7) is 8.39. The molecular formula is C20H32N4O2. The van der Waals surface area contributed by atoms with E-state index >= 15 is 0 Å². The van der Waals surface area contributed by atoms with E-state index in [0.29, 0.717) is 12.5 Å². The van der Waals surface area contributed by atoms with Crippen molar-refractivity contribution in [3.8, 4) is 0 Å². The Morgan fingerprint density at radius 1 is 1.19 bits per heavy atom. The van der Waals surface area contributed by atoms with E-state index in [1.807, 2.05) is 12.1 Å². The van der Waals surface area contributed by atoms with Crippen LogP contribution in [0.25, 0.3) is 0 Å². The van der Waals surface area contributed by atoms with Crippen molar-refractivity contribution >= 4 is 11.9 Å². The zero-order chi connectivity index (χ0) is 19.1. The van der Waals surface area contributed by atoms with E-state index in [0.717, 1.165) is 31.5 Å². The number of carbonyl (C=O) groups excluding carboxylic acids is 2. The molecule has 3 N–H and O–H groups in total. The Morgan fingerprint density at radius 2 is 1.85 bits per heavy atom. The number of urea groups is 1. The van der Waals surface area contributed by atoms with Crippen LogP contribution in [0.1, 0.15) is 43.9 Å². The summed E-state index contributed by atoms with van der Waals surface area (Å²) in [5.74, 6) is 0.336. The van der Waals surface area contributed by atoms with Crippen LogP contribution in [-0.4, -0.2) is 49.6 Å². The summed E-state index contributed by atoms with van der Waals surface area (Å²) in [7, 11) is 1.65. The summed E-state index contributed by atoms with van der Waals surface area (Å²) >= 11 is 0. The van der Waals surface area contributed by atoms with Gasteiger partial charge in [-0.25, -0.2) is 4.79 Å². The van der Waals surface area contributed by atoms with Crippen LogP contribution in [0.3, 0.4) is 0 Å². The molecule has 144 valence electrons. The molecule has 3 amide bonds. The van der Waals surface area contributed by atoms with Crippen LogP contribution >= 0.6 is 0 Å². The van der Waals surface area contributed by atoms with E-state index in [1.165, 1.54) is 5.56 Å². The maximum absolute atomic E-state index is 12.5. The van der Waals surface area contributed by atoms with Crippen molar-refractivity contribution in [1.82, 2.24) is 20.9 Å². The smallest absolute Gasteiger partial charge is 0.315 e. The fraction of sp³-hybridized carbons (Fsp3) is 0.600. The Kier molecular flexibility index (Phi) is 7.45. The quantitative estimate of drug-likeness (QED) is 0.728. The lowest BCUT2D eigenvalue weighted by Crippen LogP contribution is -2.50. The highest BCUT2D eigenvalue weighted by Crippen LogP contribution is 2.24. The largest absolute Gasteiger partial charge is 0.358 e. The summed E-state index contributed by atoms with van der Waals surface area (Å²) in [5.41, 5.74) is 2.35. The van der Waals surface area contributed by atoms with Gasteiger partial charge in [-0.05, 0) is 36.8 Å². The minimum atomic E-state index is -0.114. The lowest BCUT2D eigenvalue weighted by molar-refractivity contribution is -0.122. The number of likely N-dealkylation sites (N-methyl/N-ethyl adjacent to an activating group) is 1. The number of rotatable bonds is 6. The highest BCUT2D eigenvalue weighted by molar-refractivity contribution is 5.77. The molecule has 1 aromatic carbocycles. The molecule has 6 nitrogen and oxygen atoms in total. The van der Waals surface area contributed by atoms with Gasteiger partial charge >= 0.3 is 6.03 Å². The minimum Gasteiger partial charge on any atom is -0.358 e. The number of piperidine rings is 1. The van der Waals surface area contributed by atoms with Gasteiger partial charge in [0, 0.05) is 26.2 Å². The van der Waals surface area contributed by atoms with Crippen LogP contribution in [-0.2, 0) is 4.79 Å².